The number of hydrogen-bond donors (Lipinski definition) is 1. The molecule has 1 aromatic heterocycles. The van der Waals surface area contributed by atoms with E-state index in [0.717, 1.165) is 22.3 Å². The Bertz CT molecular complexity index is 1090. The number of Topliss-reactive ketones (excluding diaryl/α,β-unsaturated/α-hetero) is 2. The van der Waals surface area contributed by atoms with Crippen LogP contribution in [0.3, 0.4) is 0 Å². The molecule has 1 N–H and O–H groups in total. The van der Waals surface area contributed by atoms with Gasteiger partial charge in [0.1, 0.15) is 23.3 Å². The second-order valence-corrected chi connectivity index (χ2v) is 10.6. The molecule has 1 saturated carbocycles. The van der Waals surface area contributed by atoms with Crippen LogP contribution in [0, 0.1) is 25.1 Å². The topological polar surface area (TPSA) is 79.4 Å². The number of urea groups is 1. The van der Waals surface area contributed by atoms with Crippen molar-refractivity contribution in [2.24, 2.45) is 5.41 Å². The summed E-state index contributed by atoms with van der Waals surface area (Å²) < 4.78 is 13.2. The van der Waals surface area contributed by atoms with Crippen LogP contribution in [0.2, 0.25) is 0 Å². The zero-order chi connectivity index (χ0) is 24.1. The second kappa shape index (κ2) is 8.04. The highest BCUT2D eigenvalue weighted by Crippen LogP contribution is 2.46. The molecule has 6 nitrogen and oxygen atoms in total. The van der Waals surface area contributed by atoms with Gasteiger partial charge in [-0.3, -0.25) is 14.6 Å². The number of pyridine rings is 1. The molecule has 7 heteroatoms. The minimum absolute atomic E-state index is 0.0824. The second-order valence-electron chi connectivity index (χ2n) is 10.6. The number of amides is 2. The molecule has 4 rings (SSSR count). The molecule has 2 fully saturated rings. The minimum Gasteiger partial charge on any atom is -0.333 e. The number of likely N-dealkylation sites (tertiary alicyclic amines) is 1. The summed E-state index contributed by atoms with van der Waals surface area (Å²) in [7, 11) is 0. The Labute approximate surface area is 193 Å². The Morgan fingerprint density at radius 2 is 1.67 bits per heavy atom. The smallest absolute Gasteiger partial charge is 0.317 e. The van der Waals surface area contributed by atoms with Crippen LogP contribution in [0.25, 0.3) is 11.3 Å². The van der Waals surface area contributed by atoms with Crippen LogP contribution in [0.15, 0.2) is 30.5 Å². The van der Waals surface area contributed by atoms with E-state index >= 15 is 0 Å². The number of nitrogens with one attached hydrogen (secondary N) is 1. The molecule has 33 heavy (non-hydrogen) atoms. The van der Waals surface area contributed by atoms with Crippen LogP contribution in [0.5, 0.6) is 0 Å². The van der Waals surface area contributed by atoms with E-state index in [0.29, 0.717) is 31.6 Å². The molecule has 1 aliphatic carbocycles. The summed E-state index contributed by atoms with van der Waals surface area (Å²) in [4.78, 5) is 44.6. The maximum Gasteiger partial charge on any atom is 0.317 e. The number of halogens is 1. The molecule has 1 aliphatic heterocycles. The number of carbonyl (C=O) groups excluding carboxylic acids is 3. The summed E-state index contributed by atoms with van der Waals surface area (Å²) in [6, 6.07) is 6.61. The average molecular weight is 452 g/mol. The molecule has 1 saturated heterocycles. The lowest BCUT2D eigenvalue weighted by atomic mass is 9.63. The van der Waals surface area contributed by atoms with E-state index in [2.05, 4.69) is 10.3 Å². The molecule has 2 aromatic rings. The van der Waals surface area contributed by atoms with Crippen molar-refractivity contribution in [3.05, 3.63) is 53.0 Å². The van der Waals surface area contributed by atoms with Gasteiger partial charge < -0.3 is 10.2 Å². The first-order valence-electron chi connectivity index (χ1n) is 11.2. The quantitative estimate of drug-likeness (QED) is 0.690. The van der Waals surface area contributed by atoms with Crippen LogP contribution in [-0.2, 0) is 9.59 Å². The molecule has 0 unspecified atom stereocenters. The molecular formula is C26H30FN3O3. The Hall–Kier alpha value is -3.09. The first-order valence-corrected chi connectivity index (χ1v) is 11.2. The number of aryl methyl sites for hydroxylation is 2. The fourth-order valence-electron chi connectivity index (χ4n) is 5.16. The predicted octanol–water partition coefficient (Wildman–Crippen LogP) is 4.33. The third kappa shape index (κ3) is 4.54. The number of nitrogens with zero attached hydrogens (tertiary/aromatic N) is 2. The number of hydrogen-bond acceptors (Lipinski definition) is 4. The standard InChI is InChI=1S/C26H30FN3O3/c1-15-8-17(19-7-6-18(27)12-28-19)9-16(2)22(15)23-20(31)10-26(11-21(23)32)13-30(14-26)24(33)29-25(3,4)5/h6-9,12,23H,10-11,13-14H2,1-5H3,(H,29,33). The Balaban J connectivity index is 1.52. The van der Waals surface area contributed by atoms with Crippen molar-refractivity contribution in [3.63, 3.8) is 0 Å². The van der Waals surface area contributed by atoms with Gasteiger partial charge in [-0.15, -0.1) is 0 Å². The highest BCUT2D eigenvalue weighted by atomic mass is 19.1. The van der Waals surface area contributed by atoms with Gasteiger partial charge in [0.05, 0.1) is 11.9 Å². The van der Waals surface area contributed by atoms with Gasteiger partial charge in [0.15, 0.2) is 0 Å². The van der Waals surface area contributed by atoms with Crippen LogP contribution in [0.1, 0.15) is 56.2 Å². The summed E-state index contributed by atoms with van der Waals surface area (Å²) in [5.41, 5.74) is 3.12. The molecule has 0 atom stereocenters. The van der Waals surface area contributed by atoms with Crippen LogP contribution in [-0.4, -0.2) is 46.1 Å². The summed E-state index contributed by atoms with van der Waals surface area (Å²) in [6.07, 6.45) is 1.76. The van der Waals surface area contributed by atoms with Crippen molar-refractivity contribution >= 4 is 17.6 Å². The first-order chi connectivity index (χ1) is 15.4. The van der Waals surface area contributed by atoms with Crippen LogP contribution < -0.4 is 5.32 Å². The van der Waals surface area contributed by atoms with Crippen molar-refractivity contribution in [2.45, 2.75) is 58.9 Å². The Morgan fingerprint density at radius 3 is 2.15 bits per heavy atom. The third-order valence-electron chi connectivity index (χ3n) is 6.47. The van der Waals surface area contributed by atoms with Gasteiger partial charge in [0.2, 0.25) is 0 Å². The number of carbonyl (C=O) groups is 3. The normalized spacial score (nSPS) is 18.4. The van der Waals surface area contributed by atoms with Gasteiger partial charge in [0, 0.05) is 42.4 Å². The minimum atomic E-state index is -0.775. The number of ketones is 2. The lowest BCUT2D eigenvalue weighted by Gasteiger charge is -2.52. The highest BCUT2D eigenvalue weighted by molar-refractivity contribution is 6.11. The monoisotopic (exact) mass is 451 g/mol. The van der Waals surface area contributed by atoms with E-state index in [1.54, 1.807) is 11.0 Å². The maximum absolute atomic E-state index is 13.2. The maximum atomic E-state index is 13.2. The van der Waals surface area contributed by atoms with Gasteiger partial charge in [-0.2, -0.15) is 0 Å². The zero-order valence-corrected chi connectivity index (χ0v) is 19.8. The number of benzene rings is 1. The van der Waals surface area contributed by atoms with Gasteiger partial charge in [0.25, 0.3) is 0 Å². The van der Waals surface area contributed by atoms with Gasteiger partial charge in [-0.25, -0.2) is 9.18 Å². The van der Waals surface area contributed by atoms with Crippen molar-refractivity contribution in [3.8, 4) is 11.3 Å². The average Bonchev–Trinajstić information content (AvgIpc) is 2.66. The van der Waals surface area contributed by atoms with Crippen molar-refractivity contribution in [1.29, 1.82) is 0 Å². The molecule has 1 spiro atoms. The number of aromatic nitrogens is 1. The highest BCUT2D eigenvalue weighted by Gasteiger charge is 2.53. The fraction of sp³-hybridized carbons (Fsp3) is 0.462. The van der Waals surface area contributed by atoms with Crippen molar-refractivity contribution < 1.29 is 18.8 Å². The SMILES string of the molecule is Cc1cc(-c2ccc(F)cn2)cc(C)c1C1C(=O)CC2(CC1=O)CN(C(=O)NC(C)(C)C)C2. The van der Waals surface area contributed by atoms with E-state index in [1.807, 2.05) is 46.8 Å². The molecule has 0 bridgehead atoms. The van der Waals surface area contributed by atoms with Crippen LogP contribution >= 0.6 is 0 Å². The predicted molar refractivity (Wildman–Crippen MR) is 123 cm³/mol. The van der Waals surface area contributed by atoms with E-state index in [9.17, 15) is 18.8 Å². The number of rotatable bonds is 2. The summed E-state index contributed by atoms with van der Waals surface area (Å²) >= 11 is 0. The summed E-state index contributed by atoms with van der Waals surface area (Å²) in [5.74, 6) is -1.34. The Morgan fingerprint density at radius 1 is 1.09 bits per heavy atom. The largest absolute Gasteiger partial charge is 0.333 e. The molecule has 174 valence electrons. The summed E-state index contributed by atoms with van der Waals surface area (Å²) in [5, 5.41) is 2.93. The molecular weight excluding hydrogens is 421 g/mol. The van der Waals surface area contributed by atoms with E-state index in [4.69, 9.17) is 0 Å². The van der Waals surface area contributed by atoms with E-state index in [1.165, 1.54) is 12.3 Å². The van der Waals surface area contributed by atoms with E-state index in [-0.39, 0.29) is 23.1 Å². The zero-order valence-electron chi connectivity index (χ0n) is 19.8. The lowest BCUT2D eigenvalue weighted by Crippen LogP contribution is -2.65. The fourth-order valence-corrected chi connectivity index (χ4v) is 5.16. The first kappa shape index (κ1) is 23.1. The molecule has 2 amide bonds. The molecule has 1 aromatic carbocycles. The summed E-state index contributed by atoms with van der Waals surface area (Å²) in [6.45, 7) is 10.4. The van der Waals surface area contributed by atoms with E-state index < -0.39 is 17.2 Å². The van der Waals surface area contributed by atoms with Crippen molar-refractivity contribution in [2.75, 3.05) is 13.1 Å². The lowest BCUT2D eigenvalue weighted by molar-refractivity contribution is -0.141. The Kier molecular flexibility index (Phi) is 5.63. The van der Waals surface area contributed by atoms with Gasteiger partial charge in [-0.05, 0) is 75.6 Å². The van der Waals surface area contributed by atoms with Crippen molar-refractivity contribution in [1.82, 2.24) is 15.2 Å². The van der Waals surface area contributed by atoms with Crippen LogP contribution in [0.4, 0.5) is 9.18 Å². The third-order valence-corrected chi connectivity index (χ3v) is 6.47. The molecule has 2 heterocycles. The molecule has 2 aliphatic rings. The van der Waals surface area contributed by atoms with Gasteiger partial charge in [-0.1, -0.05) is 0 Å². The van der Waals surface area contributed by atoms with Gasteiger partial charge >= 0.3 is 6.03 Å². The molecule has 0 radical (unpaired) electrons.